The summed E-state index contributed by atoms with van der Waals surface area (Å²) >= 11 is 0. The first-order valence-electron chi connectivity index (χ1n) is 7.93. The summed E-state index contributed by atoms with van der Waals surface area (Å²) in [6.45, 7) is 3.76. The van der Waals surface area contributed by atoms with Crippen LogP contribution in [-0.4, -0.2) is 42.1 Å². The van der Waals surface area contributed by atoms with Crippen LogP contribution in [0.2, 0.25) is 0 Å². The van der Waals surface area contributed by atoms with Gasteiger partial charge in [-0.3, -0.25) is 4.79 Å². The van der Waals surface area contributed by atoms with E-state index in [0.29, 0.717) is 11.0 Å². The lowest BCUT2D eigenvalue weighted by Crippen LogP contribution is -2.48. The van der Waals surface area contributed by atoms with E-state index >= 15 is 0 Å². The van der Waals surface area contributed by atoms with Gasteiger partial charge in [-0.1, -0.05) is 30.3 Å². The number of benzene rings is 1. The van der Waals surface area contributed by atoms with Crippen molar-refractivity contribution in [2.24, 2.45) is 5.41 Å². The Morgan fingerprint density at radius 2 is 1.71 bits per heavy atom. The van der Waals surface area contributed by atoms with Gasteiger partial charge in [0.2, 0.25) is 0 Å². The normalized spacial score (nSPS) is 23.0. The molecule has 114 valence electrons. The molecule has 2 aliphatic rings. The van der Waals surface area contributed by atoms with Crippen LogP contribution in [0.15, 0.2) is 30.3 Å². The molecular formula is C17H24N2O2. The summed E-state index contributed by atoms with van der Waals surface area (Å²) in [6, 6.07) is 9.21. The number of carbonyl (C=O) groups is 1. The van der Waals surface area contributed by atoms with Crippen LogP contribution in [-0.2, 0) is 4.79 Å². The molecule has 4 nitrogen and oxygen atoms in total. The van der Waals surface area contributed by atoms with E-state index in [1.807, 2.05) is 23.1 Å². The molecule has 0 bridgehead atoms. The van der Waals surface area contributed by atoms with Crippen LogP contribution in [0, 0.1) is 5.41 Å². The second-order valence-corrected chi connectivity index (χ2v) is 6.39. The molecule has 21 heavy (non-hydrogen) atoms. The van der Waals surface area contributed by atoms with Crippen molar-refractivity contribution < 1.29 is 9.90 Å². The lowest BCUT2D eigenvalue weighted by molar-refractivity contribution is -0.143. The zero-order valence-electron chi connectivity index (χ0n) is 12.4. The van der Waals surface area contributed by atoms with Crippen LogP contribution in [0.25, 0.3) is 0 Å². The van der Waals surface area contributed by atoms with E-state index in [-0.39, 0.29) is 5.91 Å². The van der Waals surface area contributed by atoms with Crippen molar-refractivity contribution >= 4 is 5.91 Å². The Morgan fingerprint density at radius 3 is 2.33 bits per heavy atom. The fraction of sp³-hybridized carbons (Fsp3) is 0.588. The van der Waals surface area contributed by atoms with Gasteiger partial charge in [-0.05, 0) is 49.8 Å². The standard InChI is InChI=1S/C17H24N2O2/c20-15(14-4-2-1-3-5-14)16(21)19-12-8-17(9-13-19)6-10-18-11-7-17/h1-5,15,18,20H,6-13H2. The van der Waals surface area contributed by atoms with E-state index in [0.717, 1.165) is 39.0 Å². The second-order valence-electron chi connectivity index (χ2n) is 6.39. The molecule has 2 N–H and O–H groups in total. The van der Waals surface area contributed by atoms with E-state index in [4.69, 9.17) is 0 Å². The highest BCUT2D eigenvalue weighted by Crippen LogP contribution is 2.39. The molecule has 1 aromatic rings. The molecule has 1 atom stereocenters. The first-order valence-corrected chi connectivity index (χ1v) is 7.93. The molecule has 2 fully saturated rings. The van der Waals surface area contributed by atoms with Crippen molar-refractivity contribution in [3.05, 3.63) is 35.9 Å². The molecule has 3 rings (SSSR count). The number of piperidine rings is 2. The van der Waals surface area contributed by atoms with Crippen LogP contribution in [0.1, 0.15) is 37.4 Å². The molecule has 1 spiro atoms. The summed E-state index contributed by atoms with van der Waals surface area (Å²) in [7, 11) is 0. The Labute approximate surface area is 126 Å². The van der Waals surface area contributed by atoms with Crippen molar-refractivity contribution in [3.8, 4) is 0 Å². The van der Waals surface area contributed by atoms with Crippen molar-refractivity contribution in [2.45, 2.75) is 31.8 Å². The average Bonchev–Trinajstić information content (AvgIpc) is 2.56. The SMILES string of the molecule is O=C(C(O)c1ccccc1)N1CCC2(CCNCC2)CC1. The maximum Gasteiger partial charge on any atom is 0.256 e. The highest BCUT2D eigenvalue weighted by molar-refractivity contribution is 5.82. The van der Waals surface area contributed by atoms with Gasteiger partial charge in [0.15, 0.2) is 6.10 Å². The van der Waals surface area contributed by atoms with Crippen LogP contribution in [0.4, 0.5) is 0 Å². The fourth-order valence-electron chi connectivity index (χ4n) is 3.61. The van der Waals surface area contributed by atoms with E-state index < -0.39 is 6.10 Å². The molecule has 0 radical (unpaired) electrons. The van der Waals surface area contributed by atoms with E-state index in [1.54, 1.807) is 12.1 Å². The summed E-state index contributed by atoms with van der Waals surface area (Å²) in [4.78, 5) is 14.3. The largest absolute Gasteiger partial charge is 0.378 e. The molecular weight excluding hydrogens is 264 g/mol. The Hall–Kier alpha value is -1.39. The van der Waals surface area contributed by atoms with E-state index in [2.05, 4.69) is 5.32 Å². The zero-order valence-corrected chi connectivity index (χ0v) is 12.4. The number of nitrogens with zero attached hydrogens (tertiary/aromatic N) is 1. The number of aliphatic hydroxyl groups excluding tert-OH is 1. The lowest BCUT2D eigenvalue weighted by Gasteiger charge is -2.44. The van der Waals surface area contributed by atoms with Gasteiger partial charge in [0.1, 0.15) is 0 Å². The molecule has 1 unspecified atom stereocenters. The minimum Gasteiger partial charge on any atom is -0.378 e. The molecule has 2 heterocycles. The predicted octanol–water partition coefficient (Wildman–Crippen LogP) is 1.71. The van der Waals surface area contributed by atoms with Crippen LogP contribution in [0.3, 0.4) is 0 Å². The summed E-state index contributed by atoms with van der Waals surface area (Å²) in [5.41, 5.74) is 1.12. The van der Waals surface area contributed by atoms with Gasteiger partial charge in [0.05, 0.1) is 0 Å². The van der Waals surface area contributed by atoms with Crippen molar-refractivity contribution in [1.29, 1.82) is 0 Å². The third-order valence-corrected chi connectivity index (χ3v) is 5.15. The Morgan fingerprint density at radius 1 is 1.10 bits per heavy atom. The van der Waals surface area contributed by atoms with Crippen molar-refractivity contribution in [3.63, 3.8) is 0 Å². The van der Waals surface area contributed by atoms with Crippen molar-refractivity contribution in [2.75, 3.05) is 26.2 Å². The summed E-state index contributed by atoms with van der Waals surface area (Å²) in [5, 5.41) is 13.7. The molecule has 0 saturated carbocycles. The van der Waals surface area contributed by atoms with E-state index in [1.165, 1.54) is 12.8 Å². The molecule has 1 amide bonds. The number of likely N-dealkylation sites (tertiary alicyclic amines) is 1. The monoisotopic (exact) mass is 288 g/mol. The van der Waals surface area contributed by atoms with Gasteiger partial charge >= 0.3 is 0 Å². The first kappa shape index (κ1) is 14.5. The number of nitrogens with one attached hydrogen (secondary N) is 1. The highest BCUT2D eigenvalue weighted by Gasteiger charge is 2.37. The smallest absolute Gasteiger partial charge is 0.256 e. The van der Waals surface area contributed by atoms with Gasteiger partial charge < -0.3 is 15.3 Å². The van der Waals surface area contributed by atoms with E-state index in [9.17, 15) is 9.90 Å². The topological polar surface area (TPSA) is 52.6 Å². The summed E-state index contributed by atoms with van der Waals surface area (Å²) in [5.74, 6) is -0.148. The van der Waals surface area contributed by atoms with Gasteiger partial charge in [0.25, 0.3) is 5.91 Å². The molecule has 0 aromatic heterocycles. The quantitative estimate of drug-likeness (QED) is 0.871. The van der Waals surface area contributed by atoms with Gasteiger partial charge in [-0.2, -0.15) is 0 Å². The first-order chi connectivity index (χ1) is 10.2. The fourth-order valence-corrected chi connectivity index (χ4v) is 3.61. The number of hydrogen-bond acceptors (Lipinski definition) is 3. The third kappa shape index (κ3) is 3.11. The molecule has 2 saturated heterocycles. The molecule has 1 aromatic carbocycles. The molecule has 0 aliphatic carbocycles. The number of amides is 1. The Balaban J connectivity index is 1.60. The molecule has 4 heteroatoms. The van der Waals surface area contributed by atoms with Gasteiger partial charge in [0, 0.05) is 13.1 Å². The highest BCUT2D eigenvalue weighted by atomic mass is 16.3. The maximum absolute atomic E-state index is 12.4. The lowest BCUT2D eigenvalue weighted by atomic mass is 9.71. The number of hydrogen-bond donors (Lipinski definition) is 2. The Kier molecular flexibility index (Phi) is 4.27. The van der Waals surface area contributed by atoms with Gasteiger partial charge in [-0.15, -0.1) is 0 Å². The predicted molar refractivity (Wildman–Crippen MR) is 81.8 cm³/mol. The van der Waals surface area contributed by atoms with Crippen LogP contribution in [0.5, 0.6) is 0 Å². The maximum atomic E-state index is 12.4. The number of aliphatic hydroxyl groups is 1. The second kappa shape index (κ2) is 6.16. The van der Waals surface area contributed by atoms with Crippen LogP contribution < -0.4 is 5.32 Å². The number of rotatable bonds is 2. The Bertz CT molecular complexity index is 473. The minimum absolute atomic E-state index is 0.148. The summed E-state index contributed by atoms with van der Waals surface area (Å²) in [6.07, 6.45) is 3.56. The van der Waals surface area contributed by atoms with Crippen LogP contribution >= 0.6 is 0 Å². The zero-order chi connectivity index (χ0) is 14.7. The van der Waals surface area contributed by atoms with Gasteiger partial charge in [-0.25, -0.2) is 0 Å². The number of carbonyl (C=O) groups excluding carboxylic acids is 1. The average molecular weight is 288 g/mol. The minimum atomic E-state index is -1.02. The third-order valence-electron chi connectivity index (χ3n) is 5.15. The molecule has 2 aliphatic heterocycles. The summed E-state index contributed by atoms with van der Waals surface area (Å²) < 4.78 is 0. The van der Waals surface area contributed by atoms with Crippen molar-refractivity contribution in [1.82, 2.24) is 10.2 Å².